The van der Waals surface area contributed by atoms with E-state index in [-0.39, 0.29) is 23.6 Å². The number of carbonyl (C=O) groups is 2. The molecule has 0 saturated heterocycles. The molecule has 38 heavy (non-hydrogen) atoms. The Bertz CT molecular complexity index is 1580. The Morgan fingerprint density at radius 2 is 1.89 bits per heavy atom. The molecule has 192 valence electrons. The van der Waals surface area contributed by atoms with Crippen LogP contribution in [-0.4, -0.2) is 33.5 Å². The molecule has 1 saturated carbocycles. The van der Waals surface area contributed by atoms with Crippen molar-refractivity contribution < 1.29 is 19.1 Å². The first-order valence-electron chi connectivity index (χ1n) is 12.1. The molecule has 0 aliphatic heterocycles. The van der Waals surface area contributed by atoms with E-state index in [1.165, 1.54) is 11.6 Å². The number of hydrogen-bond acceptors (Lipinski definition) is 7. The molecule has 0 atom stereocenters. The zero-order valence-corrected chi connectivity index (χ0v) is 21.2. The first-order chi connectivity index (χ1) is 18.3. The molecule has 2 aromatic carbocycles. The summed E-state index contributed by atoms with van der Waals surface area (Å²) in [6, 6.07) is 17.6. The highest BCUT2D eigenvalue weighted by atomic mass is 16.5. The third kappa shape index (κ3) is 5.27. The molecule has 2 N–H and O–H groups in total. The average Bonchev–Trinajstić information content (AvgIpc) is 3.69. The number of nitriles is 1. The number of benzene rings is 2. The van der Waals surface area contributed by atoms with E-state index in [1.54, 1.807) is 68.6 Å². The normalized spacial score (nSPS) is 13.0. The van der Waals surface area contributed by atoms with Crippen molar-refractivity contribution in [2.75, 3.05) is 17.7 Å². The fourth-order valence-corrected chi connectivity index (χ4v) is 3.82. The Morgan fingerprint density at radius 1 is 1.08 bits per heavy atom. The SMILES string of the molecule is COc1ccc(NC(=O)c2cccc(C(C)(C)C#N)c2)cc1Oc1ccc2nc(NC(=O)C3CC3)cn2n1. The summed E-state index contributed by atoms with van der Waals surface area (Å²) in [4.78, 5) is 29.4. The van der Waals surface area contributed by atoms with Crippen LogP contribution in [-0.2, 0) is 10.2 Å². The third-order valence-corrected chi connectivity index (χ3v) is 6.26. The summed E-state index contributed by atoms with van der Waals surface area (Å²) in [5.41, 5.74) is 1.51. The first-order valence-corrected chi connectivity index (χ1v) is 12.1. The Hall–Kier alpha value is -4.91. The van der Waals surface area contributed by atoms with Crippen LogP contribution in [0.5, 0.6) is 17.4 Å². The monoisotopic (exact) mass is 510 g/mol. The van der Waals surface area contributed by atoms with Crippen LogP contribution in [0.1, 0.15) is 42.6 Å². The number of anilines is 2. The number of carbonyl (C=O) groups excluding carboxylic acids is 2. The van der Waals surface area contributed by atoms with Gasteiger partial charge in [-0.1, -0.05) is 12.1 Å². The molecule has 4 aromatic rings. The molecule has 1 aliphatic carbocycles. The quantitative estimate of drug-likeness (QED) is 0.344. The molecular formula is C28H26N6O4. The minimum absolute atomic E-state index is 0.0334. The fraction of sp³-hybridized carbons (Fsp3) is 0.250. The molecule has 2 aromatic heterocycles. The summed E-state index contributed by atoms with van der Waals surface area (Å²) >= 11 is 0. The van der Waals surface area contributed by atoms with E-state index in [1.807, 2.05) is 6.07 Å². The van der Waals surface area contributed by atoms with E-state index in [0.29, 0.717) is 34.2 Å². The van der Waals surface area contributed by atoms with Crippen LogP contribution in [0.4, 0.5) is 11.5 Å². The molecular weight excluding hydrogens is 484 g/mol. The summed E-state index contributed by atoms with van der Waals surface area (Å²) in [5, 5.41) is 19.5. The number of methoxy groups -OCH3 is 1. The van der Waals surface area contributed by atoms with Crippen molar-refractivity contribution in [3.63, 3.8) is 0 Å². The van der Waals surface area contributed by atoms with E-state index < -0.39 is 5.41 Å². The second kappa shape index (κ2) is 9.86. The molecule has 0 bridgehead atoms. The Morgan fingerprint density at radius 3 is 2.63 bits per heavy atom. The van der Waals surface area contributed by atoms with Gasteiger partial charge in [-0.25, -0.2) is 9.50 Å². The number of imidazole rings is 1. The number of fused-ring (bicyclic) bond motifs is 1. The van der Waals surface area contributed by atoms with Gasteiger partial charge in [-0.15, -0.1) is 5.10 Å². The van der Waals surface area contributed by atoms with Gasteiger partial charge in [0.1, 0.15) is 0 Å². The van der Waals surface area contributed by atoms with Crippen LogP contribution in [0.25, 0.3) is 5.65 Å². The van der Waals surface area contributed by atoms with Crippen LogP contribution in [0.2, 0.25) is 0 Å². The molecule has 0 radical (unpaired) electrons. The molecule has 0 unspecified atom stereocenters. The van der Waals surface area contributed by atoms with Gasteiger partial charge in [-0.3, -0.25) is 9.59 Å². The maximum atomic E-state index is 13.0. The number of ether oxygens (including phenoxy) is 2. The van der Waals surface area contributed by atoms with Gasteiger partial charge in [0.15, 0.2) is 23.0 Å². The van der Waals surface area contributed by atoms with E-state index in [9.17, 15) is 14.9 Å². The Labute approximate surface area is 219 Å². The summed E-state index contributed by atoms with van der Waals surface area (Å²) in [6.07, 6.45) is 3.43. The zero-order chi connectivity index (χ0) is 26.9. The maximum absolute atomic E-state index is 13.0. The molecule has 1 aliphatic rings. The number of nitrogens with one attached hydrogen (secondary N) is 2. The first kappa shape index (κ1) is 24.8. The molecule has 0 spiro atoms. The Balaban J connectivity index is 1.34. The number of hydrogen-bond donors (Lipinski definition) is 2. The van der Waals surface area contributed by atoms with Crippen molar-refractivity contribution >= 4 is 29.0 Å². The summed E-state index contributed by atoms with van der Waals surface area (Å²) in [6.45, 7) is 3.61. The van der Waals surface area contributed by atoms with Crippen LogP contribution in [0.15, 0.2) is 60.8 Å². The second-order valence-electron chi connectivity index (χ2n) is 9.60. The number of aromatic nitrogens is 3. The minimum atomic E-state index is -0.718. The van der Waals surface area contributed by atoms with Crippen molar-refractivity contribution in [2.24, 2.45) is 5.92 Å². The lowest BCUT2D eigenvalue weighted by Crippen LogP contribution is -2.17. The molecule has 10 nitrogen and oxygen atoms in total. The third-order valence-electron chi connectivity index (χ3n) is 6.26. The molecule has 2 heterocycles. The van der Waals surface area contributed by atoms with Gasteiger partial charge < -0.3 is 20.1 Å². The van der Waals surface area contributed by atoms with Gasteiger partial charge in [0.05, 0.1) is 24.8 Å². The fourth-order valence-electron chi connectivity index (χ4n) is 3.82. The number of nitrogens with zero attached hydrogens (tertiary/aromatic N) is 4. The van der Waals surface area contributed by atoms with Crippen molar-refractivity contribution in [3.05, 3.63) is 71.9 Å². The van der Waals surface area contributed by atoms with Gasteiger partial charge in [0, 0.05) is 29.3 Å². The predicted octanol–water partition coefficient (Wildman–Crippen LogP) is 4.93. The lowest BCUT2D eigenvalue weighted by molar-refractivity contribution is -0.117. The Kier molecular flexibility index (Phi) is 6.43. The standard InChI is InChI=1S/C28H26N6O4/c1-28(2,16-29)19-6-4-5-18(13-19)27(36)30-20-9-10-21(37-3)22(14-20)38-25-12-11-24-31-23(15-34(24)33-25)32-26(35)17-7-8-17/h4-6,9-15,17H,7-8H2,1-3H3,(H,30,36)(H,32,35). The van der Waals surface area contributed by atoms with Crippen molar-refractivity contribution in [1.82, 2.24) is 14.6 Å². The van der Waals surface area contributed by atoms with E-state index in [2.05, 4.69) is 26.8 Å². The van der Waals surface area contributed by atoms with Crippen LogP contribution in [0, 0.1) is 17.2 Å². The lowest BCUT2D eigenvalue weighted by Gasteiger charge is -2.17. The lowest BCUT2D eigenvalue weighted by atomic mass is 9.85. The molecule has 10 heteroatoms. The van der Waals surface area contributed by atoms with Gasteiger partial charge in [-0.05, 0) is 62.6 Å². The molecule has 2 amide bonds. The van der Waals surface area contributed by atoms with E-state index >= 15 is 0 Å². The second-order valence-corrected chi connectivity index (χ2v) is 9.60. The number of rotatable bonds is 8. The highest BCUT2D eigenvalue weighted by Gasteiger charge is 2.30. The van der Waals surface area contributed by atoms with Crippen molar-refractivity contribution in [1.29, 1.82) is 5.26 Å². The van der Waals surface area contributed by atoms with Crippen molar-refractivity contribution in [2.45, 2.75) is 32.1 Å². The molecule has 5 rings (SSSR count). The van der Waals surface area contributed by atoms with Gasteiger partial charge >= 0.3 is 0 Å². The van der Waals surface area contributed by atoms with Gasteiger partial charge in [-0.2, -0.15) is 5.26 Å². The largest absolute Gasteiger partial charge is 0.493 e. The summed E-state index contributed by atoms with van der Waals surface area (Å²) in [5.74, 6) is 1.20. The summed E-state index contributed by atoms with van der Waals surface area (Å²) in [7, 11) is 1.52. The van der Waals surface area contributed by atoms with E-state index in [0.717, 1.165) is 18.4 Å². The highest BCUT2D eigenvalue weighted by Crippen LogP contribution is 2.34. The van der Waals surface area contributed by atoms with Gasteiger partial charge in [0.2, 0.25) is 11.8 Å². The van der Waals surface area contributed by atoms with Crippen molar-refractivity contribution in [3.8, 4) is 23.4 Å². The molecule has 1 fully saturated rings. The maximum Gasteiger partial charge on any atom is 0.255 e. The number of amides is 2. The predicted molar refractivity (Wildman–Crippen MR) is 140 cm³/mol. The van der Waals surface area contributed by atoms with Crippen LogP contribution >= 0.6 is 0 Å². The zero-order valence-electron chi connectivity index (χ0n) is 21.2. The summed E-state index contributed by atoms with van der Waals surface area (Å²) < 4.78 is 12.9. The highest BCUT2D eigenvalue weighted by molar-refractivity contribution is 6.04. The smallest absolute Gasteiger partial charge is 0.255 e. The van der Waals surface area contributed by atoms with Gasteiger partial charge in [0.25, 0.3) is 5.91 Å². The van der Waals surface area contributed by atoms with E-state index in [4.69, 9.17) is 9.47 Å². The average molecular weight is 511 g/mol. The minimum Gasteiger partial charge on any atom is -0.493 e. The topological polar surface area (TPSA) is 131 Å². The van der Waals surface area contributed by atoms with Crippen LogP contribution in [0.3, 0.4) is 0 Å². The van der Waals surface area contributed by atoms with Crippen LogP contribution < -0.4 is 20.1 Å².